The molecule has 0 fully saturated rings. The van der Waals surface area contributed by atoms with Crippen molar-refractivity contribution in [2.24, 2.45) is 5.92 Å². The van der Waals surface area contributed by atoms with E-state index in [1.807, 2.05) is 0 Å². The molecule has 1 unspecified atom stereocenters. The summed E-state index contributed by atoms with van der Waals surface area (Å²) in [6.07, 6.45) is 11.5. The lowest BCUT2D eigenvalue weighted by atomic mass is 9.88. The van der Waals surface area contributed by atoms with Gasteiger partial charge in [0.15, 0.2) is 5.79 Å². The van der Waals surface area contributed by atoms with Crippen molar-refractivity contribution in [2.75, 3.05) is 20.8 Å². The summed E-state index contributed by atoms with van der Waals surface area (Å²) in [6.45, 7) is 6.33. The van der Waals surface area contributed by atoms with Gasteiger partial charge >= 0.3 is 0 Å². The van der Waals surface area contributed by atoms with Crippen LogP contribution in [0.2, 0.25) is 0 Å². The number of hydrogen-bond donors (Lipinski definition) is 1. The minimum Gasteiger partial charge on any atom is -0.353 e. The fraction of sp³-hybridized carbons (Fsp3) is 0.739. The third-order valence-corrected chi connectivity index (χ3v) is 5.54. The van der Waals surface area contributed by atoms with Crippen LogP contribution in [-0.4, -0.2) is 26.6 Å². The molecule has 1 N–H and O–H groups in total. The van der Waals surface area contributed by atoms with Gasteiger partial charge in [0.2, 0.25) is 0 Å². The summed E-state index contributed by atoms with van der Waals surface area (Å²) >= 11 is 0. The highest BCUT2D eigenvalue weighted by Crippen LogP contribution is 2.31. The van der Waals surface area contributed by atoms with E-state index in [4.69, 9.17) is 9.47 Å². The topological polar surface area (TPSA) is 30.5 Å². The Morgan fingerprint density at radius 2 is 1.50 bits per heavy atom. The molecule has 1 aromatic carbocycles. The van der Waals surface area contributed by atoms with E-state index in [9.17, 15) is 0 Å². The van der Waals surface area contributed by atoms with E-state index in [1.54, 1.807) is 14.2 Å². The summed E-state index contributed by atoms with van der Waals surface area (Å²) in [6, 6.07) is 10.6. The Hall–Kier alpha value is -0.900. The van der Waals surface area contributed by atoms with Gasteiger partial charge in [-0.15, -0.1) is 0 Å². The average Bonchev–Trinajstić information content (AvgIpc) is 2.69. The molecule has 1 aromatic rings. The van der Waals surface area contributed by atoms with Crippen molar-refractivity contribution in [3.63, 3.8) is 0 Å². The lowest BCUT2D eigenvalue weighted by molar-refractivity contribution is -0.230. The molecule has 150 valence electrons. The molecule has 0 saturated carbocycles. The van der Waals surface area contributed by atoms with Crippen molar-refractivity contribution in [3.05, 3.63) is 35.9 Å². The Bertz CT molecular complexity index is 431. The molecule has 0 aliphatic heterocycles. The number of methoxy groups -OCH3 is 2. The van der Waals surface area contributed by atoms with Crippen LogP contribution < -0.4 is 5.32 Å². The molecule has 0 heterocycles. The zero-order chi connectivity index (χ0) is 19.1. The highest BCUT2D eigenvalue weighted by atomic mass is 16.7. The molecule has 1 rings (SSSR count). The van der Waals surface area contributed by atoms with Gasteiger partial charge in [0.25, 0.3) is 0 Å². The van der Waals surface area contributed by atoms with E-state index in [0.29, 0.717) is 5.92 Å². The summed E-state index contributed by atoms with van der Waals surface area (Å²) in [7, 11) is 3.54. The minimum absolute atomic E-state index is 0.446. The van der Waals surface area contributed by atoms with E-state index in [1.165, 1.54) is 50.5 Å². The van der Waals surface area contributed by atoms with Gasteiger partial charge in [-0.05, 0) is 38.3 Å². The molecule has 0 aromatic heterocycles. The number of rotatable bonds is 16. The first kappa shape index (κ1) is 23.1. The largest absolute Gasteiger partial charge is 0.353 e. The first-order valence-electron chi connectivity index (χ1n) is 10.5. The van der Waals surface area contributed by atoms with E-state index >= 15 is 0 Å². The third kappa shape index (κ3) is 9.16. The normalized spacial score (nSPS) is 13.1. The van der Waals surface area contributed by atoms with Crippen LogP contribution in [0, 0.1) is 5.92 Å². The highest BCUT2D eigenvalue weighted by Gasteiger charge is 2.33. The molecular weight excluding hydrogens is 322 g/mol. The number of nitrogens with one attached hydrogen (secondary N) is 1. The summed E-state index contributed by atoms with van der Waals surface area (Å²) in [5.41, 5.74) is 1.34. The van der Waals surface area contributed by atoms with Crippen molar-refractivity contribution < 1.29 is 9.47 Å². The smallest absolute Gasteiger partial charge is 0.167 e. The van der Waals surface area contributed by atoms with Crippen molar-refractivity contribution in [1.82, 2.24) is 5.32 Å². The minimum atomic E-state index is -0.469. The van der Waals surface area contributed by atoms with Gasteiger partial charge < -0.3 is 14.8 Å². The highest BCUT2D eigenvalue weighted by molar-refractivity contribution is 5.14. The molecular formula is C23H41NO2. The van der Waals surface area contributed by atoms with Crippen LogP contribution in [0.5, 0.6) is 0 Å². The second kappa shape index (κ2) is 14.2. The number of unbranched alkanes of at least 4 members (excludes halogenated alkanes) is 5. The number of hydrogen-bond acceptors (Lipinski definition) is 3. The van der Waals surface area contributed by atoms with Crippen LogP contribution in [0.1, 0.15) is 77.2 Å². The van der Waals surface area contributed by atoms with Crippen LogP contribution in [0.15, 0.2) is 30.3 Å². The Labute approximate surface area is 161 Å². The van der Waals surface area contributed by atoms with Crippen molar-refractivity contribution in [3.8, 4) is 0 Å². The molecule has 26 heavy (non-hydrogen) atoms. The average molecular weight is 364 g/mol. The summed E-state index contributed by atoms with van der Waals surface area (Å²) in [4.78, 5) is 0. The van der Waals surface area contributed by atoms with Gasteiger partial charge in [-0.3, -0.25) is 0 Å². The van der Waals surface area contributed by atoms with Crippen molar-refractivity contribution >= 4 is 0 Å². The van der Waals surface area contributed by atoms with E-state index in [2.05, 4.69) is 49.5 Å². The molecule has 0 radical (unpaired) electrons. The zero-order valence-electron chi connectivity index (χ0n) is 17.6. The summed E-state index contributed by atoms with van der Waals surface area (Å²) in [5.74, 6) is -0.0229. The third-order valence-electron chi connectivity index (χ3n) is 5.54. The standard InChI is InChI=1S/C23H41NO2/c1-5-6-7-8-9-13-17-22(23(2,25-3)26-4)18-14-19-24-20-21-15-11-10-12-16-21/h10-12,15-16,22,24H,5-9,13-14,17-20H2,1-4H3. The van der Waals surface area contributed by atoms with Crippen LogP contribution in [0.25, 0.3) is 0 Å². The lowest BCUT2D eigenvalue weighted by Crippen LogP contribution is -2.39. The number of benzene rings is 1. The first-order chi connectivity index (χ1) is 12.7. The zero-order valence-corrected chi connectivity index (χ0v) is 17.6. The SMILES string of the molecule is CCCCCCCCC(CCCNCc1ccccc1)C(C)(OC)OC. The Balaban J connectivity index is 2.32. The molecule has 0 bridgehead atoms. The van der Waals surface area contributed by atoms with Gasteiger partial charge in [-0.1, -0.05) is 75.8 Å². The predicted octanol–water partition coefficient (Wildman–Crippen LogP) is 5.93. The van der Waals surface area contributed by atoms with Gasteiger partial charge in [-0.2, -0.15) is 0 Å². The van der Waals surface area contributed by atoms with Crippen LogP contribution in [0.3, 0.4) is 0 Å². The summed E-state index contributed by atoms with van der Waals surface area (Å²) in [5, 5.41) is 3.55. The molecule has 3 nitrogen and oxygen atoms in total. The van der Waals surface area contributed by atoms with Crippen molar-refractivity contribution in [1.29, 1.82) is 0 Å². The van der Waals surface area contributed by atoms with Crippen LogP contribution >= 0.6 is 0 Å². The second-order valence-electron chi connectivity index (χ2n) is 7.48. The summed E-state index contributed by atoms with van der Waals surface area (Å²) < 4.78 is 11.5. The molecule has 1 atom stereocenters. The fourth-order valence-corrected chi connectivity index (χ4v) is 3.56. The quantitative estimate of drug-likeness (QED) is 0.291. The molecule has 0 aliphatic rings. The molecule has 0 saturated heterocycles. The van der Waals surface area contributed by atoms with E-state index in [0.717, 1.165) is 25.9 Å². The van der Waals surface area contributed by atoms with Crippen LogP contribution in [0.4, 0.5) is 0 Å². The Kier molecular flexibility index (Phi) is 12.6. The van der Waals surface area contributed by atoms with Gasteiger partial charge in [0.1, 0.15) is 0 Å². The maximum atomic E-state index is 5.73. The predicted molar refractivity (Wildman–Crippen MR) is 111 cm³/mol. The first-order valence-corrected chi connectivity index (χ1v) is 10.5. The molecule has 0 aliphatic carbocycles. The lowest BCUT2D eigenvalue weighted by Gasteiger charge is -2.35. The fourth-order valence-electron chi connectivity index (χ4n) is 3.56. The van der Waals surface area contributed by atoms with Crippen LogP contribution in [-0.2, 0) is 16.0 Å². The van der Waals surface area contributed by atoms with Gasteiger partial charge in [0, 0.05) is 26.7 Å². The van der Waals surface area contributed by atoms with E-state index in [-0.39, 0.29) is 0 Å². The van der Waals surface area contributed by atoms with Gasteiger partial charge in [-0.25, -0.2) is 0 Å². The second-order valence-corrected chi connectivity index (χ2v) is 7.48. The number of ether oxygens (including phenoxy) is 2. The maximum absolute atomic E-state index is 5.73. The molecule has 0 amide bonds. The monoisotopic (exact) mass is 363 g/mol. The molecule has 0 spiro atoms. The molecule has 3 heteroatoms. The van der Waals surface area contributed by atoms with E-state index < -0.39 is 5.79 Å². The maximum Gasteiger partial charge on any atom is 0.167 e. The van der Waals surface area contributed by atoms with Gasteiger partial charge in [0.05, 0.1) is 0 Å². The van der Waals surface area contributed by atoms with Crippen molar-refractivity contribution in [2.45, 2.75) is 84.0 Å². The Morgan fingerprint density at radius 3 is 2.15 bits per heavy atom. The Morgan fingerprint density at radius 1 is 0.885 bits per heavy atom.